The van der Waals surface area contributed by atoms with Crippen LogP contribution < -0.4 is 5.90 Å². The van der Waals surface area contributed by atoms with E-state index >= 15 is 0 Å². The summed E-state index contributed by atoms with van der Waals surface area (Å²) in [7, 11) is 0. The minimum Gasteiger partial charge on any atom is -0.379 e. The van der Waals surface area contributed by atoms with Gasteiger partial charge in [0.1, 0.15) is 6.23 Å². The van der Waals surface area contributed by atoms with Crippen molar-refractivity contribution < 1.29 is 9.57 Å². The van der Waals surface area contributed by atoms with Crippen LogP contribution in [-0.2, 0) is 9.57 Å². The van der Waals surface area contributed by atoms with Gasteiger partial charge in [0.2, 0.25) is 0 Å². The van der Waals surface area contributed by atoms with Crippen LogP contribution in [0.1, 0.15) is 6.92 Å². The van der Waals surface area contributed by atoms with Crippen molar-refractivity contribution in [2.24, 2.45) is 5.90 Å². The molecular weight excluding hydrogens is 132 g/mol. The number of morpholine rings is 1. The highest BCUT2D eigenvalue weighted by Gasteiger charge is 2.15. The summed E-state index contributed by atoms with van der Waals surface area (Å²) in [6.45, 7) is 5.34. The van der Waals surface area contributed by atoms with Crippen molar-refractivity contribution in [1.29, 1.82) is 0 Å². The summed E-state index contributed by atoms with van der Waals surface area (Å²) in [6, 6.07) is 0. The Morgan fingerprint density at radius 1 is 1.50 bits per heavy atom. The first-order valence-electron chi connectivity index (χ1n) is 3.52. The fourth-order valence-electron chi connectivity index (χ4n) is 1.03. The lowest BCUT2D eigenvalue weighted by Gasteiger charge is -2.30. The van der Waals surface area contributed by atoms with Gasteiger partial charge < -0.3 is 4.74 Å². The number of hydrogen-bond donors (Lipinski definition) is 1. The van der Waals surface area contributed by atoms with Gasteiger partial charge in [0, 0.05) is 13.1 Å². The monoisotopic (exact) mass is 146 g/mol. The van der Waals surface area contributed by atoms with Gasteiger partial charge in [-0.25, -0.2) is 5.90 Å². The number of nitrogens with zero attached hydrogens (tertiary/aromatic N) is 1. The maximum absolute atomic E-state index is 5.16. The van der Waals surface area contributed by atoms with E-state index in [0.717, 1.165) is 26.3 Å². The largest absolute Gasteiger partial charge is 0.379 e. The number of ether oxygens (including phenoxy) is 1. The molecule has 10 heavy (non-hydrogen) atoms. The van der Waals surface area contributed by atoms with Gasteiger partial charge >= 0.3 is 0 Å². The Kier molecular flexibility index (Phi) is 3.08. The average Bonchev–Trinajstić information content (AvgIpc) is 2.05. The molecule has 1 heterocycles. The second kappa shape index (κ2) is 3.88. The van der Waals surface area contributed by atoms with Crippen LogP contribution in [0.3, 0.4) is 0 Å². The highest BCUT2D eigenvalue weighted by atomic mass is 16.6. The van der Waals surface area contributed by atoms with Crippen LogP contribution in [0.25, 0.3) is 0 Å². The minimum absolute atomic E-state index is 0.0175. The highest BCUT2D eigenvalue weighted by molar-refractivity contribution is 4.62. The lowest BCUT2D eigenvalue weighted by atomic mass is 10.4. The van der Waals surface area contributed by atoms with Crippen LogP contribution in [0, 0.1) is 0 Å². The number of hydrogen-bond acceptors (Lipinski definition) is 4. The second-order valence-electron chi connectivity index (χ2n) is 2.38. The fraction of sp³-hybridized carbons (Fsp3) is 1.00. The lowest BCUT2D eigenvalue weighted by molar-refractivity contribution is -0.0882. The van der Waals surface area contributed by atoms with Gasteiger partial charge in [0.15, 0.2) is 0 Å². The summed E-state index contributed by atoms with van der Waals surface area (Å²) in [5.74, 6) is 5.02. The van der Waals surface area contributed by atoms with E-state index < -0.39 is 0 Å². The van der Waals surface area contributed by atoms with E-state index in [1.165, 1.54) is 0 Å². The molecule has 0 aromatic heterocycles. The van der Waals surface area contributed by atoms with E-state index in [1.54, 1.807) is 0 Å². The van der Waals surface area contributed by atoms with E-state index in [0.29, 0.717) is 0 Å². The van der Waals surface area contributed by atoms with E-state index in [9.17, 15) is 0 Å². The van der Waals surface area contributed by atoms with E-state index in [1.807, 2.05) is 6.92 Å². The zero-order valence-electron chi connectivity index (χ0n) is 6.25. The van der Waals surface area contributed by atoms with Crippen LogP contribution in [0.5, 0.6) is 0 Å². The molecule has 0 aromatic carbocycles. The zero-order chi connectivity index (χ0) is 7.40. The molecule has 4 heteroatoms. The molecule has 0 aliphatic carbocycles. The first-order valence-corrected chi connectivity index (χ1v) is 3.52. The molecular formula is C6H14N2O2. The van der Waals surface area contributed by atoms with Crippen molar-refractivity contribution in [3.8, 4) is 0 Å². The molecule has 1 fully saturated rings. The Bertz CT molecular complexity index is 93.7. The Morgan fingerprint density at radius 3 is 2.60 bits per heavy atom. The van der Waals surface area contributed by atoms with Gasteiger partial charge in [-0.05, 0) is 6.92 Å². The quantitative estimate of drug-likeness (QED) is 0.536. The predicted molar refractivity (Wildman–Crippen MR) is 37.1 cm³/mol. The molecule has 0 spiro atoms. The van der Waals surface area contributed by atoms with Crippen LogP contribution in [0.4, 0.5) is 0 Å². The molecule has 1 atom stereocenters. The summed E-state index contributed by atoms with van der Waals surface area (Å²) in [4.78, 5) is 6.80. The standard InChI is InChI=1S/C6H14N2O2/c1-6(10-7)8-2-4-9-5-3-8/h6H,2-5,7H2,1H3. The number of rotatable bonds is 2. The highest BCUT2D eigenvalue weighted by Crippen LogP contribution is 2.01. The molecule has 0 aromatic rings. The summed E-state index contributed by atoms with van der Waals surface area (Å²) in [6.07, 6.45) is 0.0175. The van der Waals surface area contributed by atoms with Gasteiger partial charge in [0.05, 0.1) is 13.2 Å². The van der Waals surface area contributed by atoms with Crippen LogP contribution in [0.2, 0.25) is 0 Å². The van der Waals surface area contributed by atoms with Gasteiger partial charge in [0.25, 0.3) is 0 Å². The van der Waals surface area contributed by atoms with Crippen molar-refractivity contribution in [2.75, 3.05) is 26.3 Å². The van der Waals surface area contributed by atoms with Crippen molar-refractivity contribution in [1.82, 2.24) is 4.90 Å². The minimum atomic E-state index is 0.0175. The third-order valence-corrected chi connectivity index (χ3v) is 1.76. The summed E-state index contributed by atoms with van der Waals surface area (Å²) in [5, 5.41) is 0. The van der Waals surface area contributed by atoms with Gasteiger partial charge in [-0.2, -0.15) is 0 Å². The van der Waals surface area contributed by atoms with E-state index in [2.05, 4.69) is 9.74 Å². The Labute approximate surface area is 60.8 Å². The Balaban J connectivity index is 2.24. The maximum Gasteiger partial charge on any atom is 0.129 e. The molecule has 0 amide bonds. The van der Waals surface area contributed by atoms with E-state index in [-0.39, 0.29) is 6.23 Å². The molecule has 1 unspecified atom stereocenters. The van der Waals surface area contributed by atoms with Gasteiger partial charge in [-0.3, -0.25) is 9.74 Å². The van der Waals surface area contributed by atoms with E-state index in [4.69, 9.17) is 10.6 Å². The molecule has 0 radical (unpaired) electrons. The van der Waals surface area contributed by atoms with Crippen molar-refractivity contribution in [3.05, 3.63) is 0 Å². The normalized spacial score (nSPS) is 24.6. The first-order chi connectivity index (χ1) is 4.84. The second-order valence-corrected chi connectivity index (χ2v) is 2.38. The fourth-order valence-corrected chi connectivity index (χ4v) is 1.03. The first kappa shape index (κ1) is 7.94. The molecule has 60 valence electrons. The topological polar surface area (TPSA) is 47.7 Å². The summed E-state index contributed by atoms with van der Waals surface area (Å²) >= 11 is 0. The predicted octanol–water partition coefficient (Wildman–Crippen LogP) is -0.445. The summed E-state index contributed by atoms with van der Waals surface area (Å²) in [5.41, 5.74) is 0. The van der Waals surface area contributed by atoms with Crippen LogP contribution in [0.15, 0.2) is 0 Å². The average molecular weight is 146 g/mol. The van der Waals surface area contributed by atoms with Crippen molar-refractivity contribution in [3.63, 3.8) is 0 Å². The third-order valence-electron chi connectivity index (χ3n) is 1.76. The maximum atomic E-state index is 5.16. The molecule has 1 saturated heterocycles. The lowest BCUT2D eigenvalue weighted by Crippen LogP contribution is -2.44. The molecule has 4 nitrogen and oxygen atoms in total. The molecule has 1 rings (SSSR count). The van der Waals surface area contributed by atoms with Crippen molar-refractivity contribution in [2.45, 2.75) is 13.2 Å². The Morgan fingerprint density at radius 2 is 2.10 bits per heavy atom. The molecule has 2 N–H and O–H groups in total. The smallest absolute Gasteiger partial charge is 0.129 e. The molecule has 0 saturated carbocycles. The SMILES string of the molecule is CC(ON)N1CCOCC1. The zero-order valence-corrected chi connectivity index (χ0v) is 6.25. The molecule has 0 bridgehead atoms. The summed E-state index contributed by atoms with van der Waals surface area (Å²) < 4.78 is 5.16. The van der Waals surface area contributed by atoms with Gasteiger partial charge in [-0.1, -0.05) is 0 Å². The molecule has 1 aliphatic rings. The van der Waals surface area contributed by atoms with Crippen LogP contribution >= 0.6 is 0 Å². The third kappa shape index (κ3) is 1.91. The van der Waals surface area contributed by atoms with Crippen LogP contribution in [-0.4, -0.2) is 37.4 Å². The number of nitrogens with two attached hydrogens (primary N) is 1. The van der Waals surface area contributed by atoms with Crippen molar-refractivity contribution >= 4 is 0 Å². The van der Waals surface area contributed by atoms with Gasteiger partial charge in [-0.15, -0.1) is 0 Å². The Hall–Kier alpha value is -0.160. The molecule has 1 aliphatic heterocycles.